The SMILES string of the molecule is C[C@H](NC(=O)N[C@@H](Cc1ccccc1)C(=O)Nc1ccncc1)c1ccccc1. The molecule has 0 saturated carbocycles. The molecule has 3 aromatic rings. The maximum absolute atomic E-state index is 12.8. The van der Waals surface area contributed by atoms with Crippen LogP contribution in [0.25, 0.3) is 0 Å². The van der Waals surface area contributed by atoms with Crippen LogP contribution in [-0.4, -0.2) is 23.0 Å². The highest BCUT2D eigenvalue weighted by Gasteiger charge is 2.22. The smallest absolute Gasteiger partial charge is 0.315 e. The summed E-state index contributed by atoms with van der Waals surface area (Å²) in [5.74, 6) is -0.289. The van der Waals surface area contributed by atoms with Crippen molar-refractivity contribution in [1.82, 2.24) is 15.6 Å². The van der Waals surface area contributed by atoms with Gasteiger partial charge in [-0.1, -0.05) is 60.7 Å². The molecule has 1 heterocycles. The second-order valence-electron chi connectivity index (χ2n) is 6.72. The molecule has 0 aliphatic rings. The third kappa shape index (κ3) is 6.17. The Morgan fingerprint density at radius 1 is 0.862 bits per heavy atom. The Labute approximate surface area is 170 Å². The van der Waals surface area contributed by atoms with E-state index in [1.54, 1.807) is 24.5 Å². The van der Waals surface area contributed by atoms with Crippen LogP contribution in [0.4, 0.5) is 10.5 Å². The van der Waals surface area contributed by atoms with E-state index in [2.05, 4.69) is 20.9 Å². The fourth-order valence-corrected chi connectivity index (χ4v) is 2.95. The number of carbonyl (C=O) groups is 2. The van der Waals surface area contributed by atoms with Gasteiger partial charge in [-0.2, -0.15) is 0 Å². The normalized spacial score (nSPS) is 12.4. The Kier molecular flexibility index (Phi) is 6.95. The average molecular weight is 388 g/mol. The molecular weight excluding hydrogens is 364 g/mol. The van der Waals surface area contributed by atoms with Gasteiger partial charge in [0, 0.05) is 24.5 Å². The fraction of sp³-hybridized carbons (Fsp3) is 0.174. The molecular formula is C23H24N4O2. The Hall–Kier alpha value is -3.67. The summed E-state index contributed by atoms with van der Waals surface area (Å²) in [6.07, 6.45) is 3.58. The van der Waals surface area contributed by atoms with Gasteiger partial charge in [0.15, 0.2) is 0 Å². The monoisotopic (exact) mass is 388 g/mol. The number of nitrogens with zero attached hydrogens (tertiary/aromatic N) is 1. The molecule has 3 rings (SSSR count). The Bertz CT molecular complexity index is 917. The lowest BCUT2D eigenvalue weighted by Crippen LogP contribution is -2.49. The van der Waals surface area contributed by atoms with E-state index in [1.807, 2.05) is 67.6 Å². The van der Waals surface area contributed by atoms with E-state index in [9.17, 15) is 9.59 Å². The number of anilines is 1. The molecule has 1 aromatic heterocycles. The van der Waals surface area contributed by atoms with Gasteiger partial charge < -0.3 is 16.0 Å². The first-order valence-corrected chi connectivity index (χ1v) is 9.48. The minimum absolute atomic E-state index is 0.183. The molecule has 3 N–H and O–H groups in total. The van der Waals surface area contributed by atoms with Crippen LogP contribution in [0.1, 0.15) is 24.1 Å². The largest absolute Gasteiger partial charge is 0.332 e. The number of carbonyl (C=O) groups excluding carboxylic acids is 2. The van der Waals surface area contributed by atoms with Gasteiger partial charge in [-0.3, -0.25) is 9.78 Å². The summed E-state index contributed by atoms with van der Waals surface area (Å²) in [7, 11) is 0. The van der Waals surface area contributed by atoms with E-state index in [1.165, 1.54) is 0 Å². The molecule has 148 valence electrons. The fourth-order valence-electron chi connectivity index (χ4n) is 2.95. The van der Waals surface area contributed by atoms with E-state index in [0.29, 0.717) is 12.1 Å². The van der Waals surface area contributed by atoms with Crippen molar-refractivity contribution in [1.29, 1.82) is 0 Å². The minimum Gasteiger partial charge on any atom is -0.332 e. The van der Waals surface area contributed by atoms with Crippen LogP contribution in [0, 0.1) is 0 Å². The summed E-state index contributed by atoms with van der Waals surface area (Å²) in [4.78, 5) is 29.4. The number of rotatable bonds is 7. The highest BCUT2D eigenvalue weighted by molar-refractivity contribution is 5.97. The van der Waals surface area contributed by atoms with E-state index in [-0.39, 0.29) is 11.9 Å². The molecule has 0 unspecified atom stereocenters. The number of urea groups is 1. The topological polar surface area (TPSA) is 83.1 Å². The molecule has 0 aliphatic carbocycles. The molecule has 0 aliphatic heterocycles. The summed E-state index contributed by atoms with van der Waals surface area (Å²) in [5.41, 5.74) is 2.57. The van der Waals surface area contributed by atoms with E-state index in [4.69, 9.17) is 0 Å². The van der Waals surface area contributed by atoms with Gasteiger partial charge in [-0.15, -0.1) is 0 Å². The van der Waals surface area contributed by atoms with Crippen molar-refractivity contribution >= 4 is 17.6 Å². The van der Waals surface area contributed by atoms with E-state index in [0.717, 1.165) is 11.1 Å². The number of amides is 3. The van der Waals surface area contributed by atoms with Crippen LogP contribution in [0.3, 0.4) is 0 Å². The maximum Gasteiger partial charge on any atom is 0.315 e. The quantitative estimate of drug-likeness (QED) is 0.577. The second kappa shape index (κ2) is 10.0. The molecule has 0 spiro atoms. The van der Waals surface area contributed by atoms with Gasteiger partial charge in [0.2, 0.25) is 5.91 Å². The molecule has 6 heteroatoms. The van der Waals surface area contributed by atoms with E-state index < -0.39 is 12.1 Å². The van der Waals surface area contributed by atoms with Gasteiger partial charge in [0.05, 0.1) is 6.04 Å². The van der Waals surface area contributed by atoms with Crippen LogP contribution in [0.2, 0.25) is 0 Å². The second-order valence-corrected chi connectivity index (χ2v) is 6.72. The van der Waals surface area contributed by atoms with Crippen LogP contribution < -0.4 is 16.0 Å². The summed E-state index contributed by atoms with van der Waals surface area (Å²) >= 11 is 0. The summed E-state index contributed by atoms with van der Waals surface area (Å²) in [6, 6.07) is 21.4. The van der Waals surface area contributed by atoms with Crippen molar-refractivity contribution < 1.29 is 9.59 Å². The predicted molar refractivity (Wildman–Crippen MR) is 113 cm³/mol. The Balaban J connectivity index is 1.68. The van der Waals surface area contributed by atoms with Crippen molar-refractivity contribution in [2.45, 2.75) is 25.4 Å². The third-order valence-corrected chi connectivity index (χ3v) is 4.50. The zero-order chi connectivity index (χ0) is 20.5. The van der Waals surface area contributed by atoms with Crippen molar-refractivity contribution in [2.24, 2.45) is 0 Å². The highest BCUT2D eigenvalue weighted by Crippen LogP contribution is 2.12. The molecule has 0 fully saturated rings. The van der Waals surface area contributed by atoms with Crippen LogP contribution in [-0.2, 0) is 11.2 Å². The lowest BCUT2D eigenvalue weighted by molar-refractivity contribution is -0.117. The maximum atomic E-state index is 12.8. The first-order chi connectivity index (χ1) is 14.1. The lowest BCUT2D eigenvalue weighted by atomic mass is 10.1. The van der Waals surface area contributed by atoms with Gasteiger partial charge in [0.25, 0.3) is 0 Å². The number of hydrogen-bond donors (Lipinski definition) is 3. The summed E-state index contributed by atoms with van der Waals surface area (Å²) in [5, 5.41) is 8.53. The van der Waals surface area contributed by atoms with Gasteiger partial charge in [-0.25, -0.2) is 4.79 Å². The summed E-state index contributed by atoms with van der Waals surface area (Å²) < 4.78 is 0. The van der Waals surface area contributed by atoms with Gasteiger partial charge in [0.1, 0.15) is 6.04 Å². The van der Waals surface area contributed by atoms with Crippen molar-refractivity contribution in [3.63, 3.8) is 0 Å². The average Bonchev–Trinajstić information content (AvgIpc) is 2.75. The lowest BCUT2D eigenvalue weighted by Gasteiger charge is -2.21. The minimum atomic E-state index is -0.728. The third-order valence-electron chi connectivity index (χ3n) is 4.50. The predicted octanol–water partition coefficient (Wildman–Crippen LogP) is 3.69. The number of nitrogens with one attached hydrogen (secondary N) is 3. The number of pyridine rings is 1. The van der Waals surface area contributed by atoms with Crippen LogP contribution in [0.15, 0.2) is 85.2 Å². The molecule has 2 aromatic carbocycles. The van der Waals surface area contributed by atoms with E-state index >= 15 is 0 Å². The van der Waals surface area contributed by atoms with Crippen LogP contribution >= 0.6 is 0 Å². The van der Waals surface area contributed by atoms with Crippen molar-refractivity contribution in [3.8, 4) is 0 Å². The molecule has 0 radical (unpaired) electrons. The molecule has 3 amide bonds. The zero-order valence-corrected chi connectivity index (χ0v) is 16.2. The standard InChI is InChI=1S/C23H24N4O2/c1-17(19-10-6-3-7-11-19)25-23(29)27-21(16-18-8-4-2-5-9-18)22(28)26-20-12-14-24-15-13-20/h2-15,17,21H,16H2,1H3,(H,24,26,28)(H2,25,27,29)/t17-,21-/m0/s1. The highest BCUT2D eigenvalue weighted by atomic mass is 16.2. The Morgan fingerprint density at radius 2 is 1.48 bits per heavy atom. The summed E-state index contributed by atoms with van der Waals surface area (Å²) in [6.45, 7) is 1.90. The van der Waals surface area contributed by atoms with Crippen molar-refractivity contribution in [2.75, 3.05) is 5.32 Å². The van der Waals surface area contributed by atoms with Gasteiger partial charge in [-0.05, 0) is 30.2 Å². The van der Waals surface area contributed by atoms with Gasteiger partial charge >= 0.3 is 6.03 Å². The molecule has 6 nitrogen and oxygen atoms in total. The zero-order valence-electron chi connectivity index (χ0n) is 16.2. The molecule has 0 saturated heterocycles. The molecule has 0 bridgehead atoms. The van der Waals surface area contributed by atoms with Crippen molar-refractivity contribution in [3.05, 3.63) is 96.3 Å². The molecule has 2 atom stereocenters. The van der Waals surface area contributed by atoms with Crippen LogP contribution in [0.5, 0.6) is 0 Å². The first-order valence-electron chi connectivity index (χ1n) is 9.48. The molecule has 29 heavy (non-hydrogen) atoms. The number of hydrogen-bond acceptors (Lipinski definition) is 3. The first kappa shape index (κ1) is 20.1. The number of benzene rings is 2. The number of aromatic nitrogens is 1. The Morgan fingerprint density at radius 3 is 2.14 bits per heavy atom.